The van der Waals surface area contributed by atoms with Crippen molar-refractivity contribution in [3.63, 3.8) is 0 Å². The maximum absolute atomic E-state index is 12.1. The number of anilines is 1. The van der Waals surface area contributed by atoms with Crippen LogP contribution in [0.1, 0.15) is 19.4 Å². The summed E-state index contributed by atoms with van der Waals surface area (Å²) < 4.78 is 0. The first-order chi connectivity index (χ1) is 8.75. The van der Waals surface area contributed by atoms with E-state index in [1.807, 2.05) is 0 Å². The molecule has 1 amide bonds. The van der Waals surface area contributed by atoms with Gasteiger partial charge in [0.05, 0.1) is 11.8 Å². The van der Waals surface area contributed by atoms with Gasteiger partial charge in [-0.1, -0.05) is 13.8 Å². The lowest BCUT2D eigenvalue weighted by molar-refractivity contribution is -0.140. The first-order valence-corrected chi connectivity index (χ1v) is 6.08. The Balaban J connectivity index is 2.13. The molecule has 0 aromatic heterocycles. The number of rotatable bonds is 3. The van der Waals surface area contributed by atoms with Gasteiger partial charge in [-0.15, -0.1) is 0 Å². The largest absolute Gasteiger partial charge is 0.508 e. The number of benzene rings is 1. The van der Waals surface area contributed by atoms with Crippen LogP contribution in [0.25, 0.3) is 0 Å². The number of carbonyl (C=O) groups excluding carboxylic acids is 1. The molecule has 19 heavy (non-hydrogen) atoms. The first-order valence-electron chi connectivity index (χ1n) is 6.08. The minimum Gasteiger partial charge on any atom is -0.508 e. The highest BCUT2D eigenvalue weighted by Crippen LogP contribution is 2.58. The Hall–Kier alpha value is -2.04. The zero-order valence-corrected chi connectivity index (χ0v) is 11.1. The molecule has 0 bridgehead atoms. The predicted octanol–water partition coefficient (Wildman–Crippen LogP) is 2.00. The fraction of sp³-hybridized carbons (Fsp3) is 0.429. The summed E-state index contributed by atoms with van der Waals surface area (Å²) in [6.45, 7) is 5.32. The molecular formula is C14H17NO4. The van der Waals surface area contributed by atoms with E-state index in [4.69, 9.17) is 5.11 Å². The number of aliphatic carboxylic acids is 1. The summed E-state index contributed by atoms with van der Waals surface area (Å²) in [5, 5.41) is 21.1. The third-order valence-electron chi connectivity index (χ3n) is 3.84. The Morgan fingerprint density at radius 1 is 1.26 bits per heavy atom. The SMILES string of the molecule is Cc1cc(O)ccc1NC(=O)[C@H]1[C@@H](C(=O)O)C1(C)C. The quantitative estimate of drug-likeness (QED) is 0.728. The lowest BCUT2D eigenvalue weighted by atomic mass is 10.1. The third kappa shape index (κ3) is 2.28. The average molecular weight is 263 g/mol. The zero-order valence-electron chi connectivity index (χ0n) is 11.1. The fourth-order valence-corrected chi connectivity index (χ4v) is 2.59. The molecule has 2 atom stereocenters. The highest BCUT2D eigenvalue weighted by molar-refractivity contribution is 6.00. The van der Waals surface area contributed by atoms with Gasteiger partial charge in [-0.3, -0.25) is 9.59 Å². The molecule has 0 unspecified atom stereocenters. The second kappa shape index (κ2) is 4.26. The number of carboxylic acid groups (broad SMARTS) is 1. The van der Waals surface area contributed by atoms with Gasteiger partial charge in [0.2, 0.25) is 5.91 Å². The third-order valence-corrected chi connectivity index (χ3v) is 3.84. The van der Waals surface area contributed by atoms with Gasteiger partial charge in [-0.05, 0) is 36.1 Å². The van der Waals surface area contributed by atoms with E-state index in [-0.39, 0.29) is 11.7 Å². The molecule has 2 rings (SSSR count). The molecule has 0 radical (unpaired) electrons. The van der Waals surface area contributed by atoms with Crippen molar-refractivity contribution >= 4 is 17.6 Å². The van der Waals surface area contributed by atoms with E-state index in [1.54, 1.807) is 32.9 Å². The molecule has 1 saturated carbocycles. The van der Waals surface area contributed by atoms with Crippen molar-refractivity contribution in [2.45, 2.75) is 20.8 Å². The van der Waals surface area contributed by atoms with Crippen molar-refractivity contribution in [3.8, 4) is 5.75 Å². The standard InChI is InChI=1S/C14H17NO4/c1-7-6-8(16)4-5-9(7)15-12(17)10-11(13(18)19)14(10,2)3/h4-6,10-11,16H,1-3H3,(H,15,17)(H,18,19)/t10-,11+/m1/s1. The Morgan fingerprint density at radius 2 is 1.89 bits per heavy atom. The van der Waals surface area contributed by atoms with Crippen LogP contribution in [0.3, 0.4) is 0 Å². The number of aryl methyl sites for hydroxylation is 1. The summed E-state index contributed by atoms with van der Waals surface area (Å²) in [5.74, 6) is -2.24. The average Bonchev–Trinajstić information content (AvgIpc) is 2.86. The molecule has 1 aliphatic rings. The molecule has 102 valence electrons. The van der Waals surface area contributed by atoms with E-state index in [2.05, 4.69) is 5.32 Å². The van der Waals surface area contributed by atoms with E-state index in [9.17, 15) is 14.7 Å². The second-order valence-corrected chi connectivity index (χ2v) is 5.60. The number of amides is 1. The maximum Gasteiger partial charge on any atom is 0.307 e. The molecule has 3 N–H and O–H groups in total. The second-order valence-electron chi connectivity index (χ2n) is 5.60. The number of hydrogen-bond donors (Lipinski definition) is 3. The summed E-state index contributed by atoms with van der Waals surface area (Å²) in [4.78, 5) is 23.1. The van der Waals surface area contributed by atoms with Crippen LogP contribution >= 0.6 is 0 Å². The molecule has 1 fully saturated rings. The van der Waals surface area contributed by atoms with Crippen molar-refractivity contribution in [2.24, 2.45) is 17.3 Å². The highest BCUT2D eigenvalue weighted by Gasteiger charge is 2.65. The number of carbonyl (C=O) groups is 2. The van der Waals surface area contributed by atoms with Gasteiger partial charge in [0, 0.05) is 5.69 Å². The van der Waals surface area contributed by atoms with Crippen LogP contribution in [-0.4, -0.2) is 22.1 Å². The summed E-state index contributed by atoms with van der Waals surface area (Å²) in [7, 11) is 0. The molecule has 5 heteroatoms. The summed E-state index contributed by atoms with van der Waals surface area (Å²) in [6, 6.07) is 4.63. The zero-order chi connectivity index (χ0) is 14.4. The van der Waals surface area contributed by atoms with Crippen LogP contribution in [0.15, 0.2) is 18.2 Å². The van der Waals surface area contributed by atoms with E-state index in [0.717, 1.165) is 5.56 Å². The van der Waals surface area contributed by atoms with Crippen molar-refractivity contribution in [2.75, 3.05) is 5.32 Å². The Labute approximate surface area is 111 Å². The van der Waals surface area contributed by atoms with Crippen molar-refractivity contribution in [1.82, 2.24) is 0 Å². The number of phenolic OH excluding ortho intramolecular Hbond substituents is 1. The normalized spacial score (nSPS) is 23.7. The van der Waals surface area contributed by atoms with Gasteiger partial charge >= 0.3 is 5.97 Å². The fourth-order valence-electron chi connectivity index (χ4n) is 2.59. The highest BCUT2D eigenvalue weighted by atomic mass is 16.4. The molecule has 1 aliphatic carbocycles. The number of phenols is 1. The number of hydrogen-bond acceptors (Lipinski definition) is 3. The van der Waals surface area contributed by atoms with Gasteiger partial charge in [0.15, 0.2) is 0 Å². The van der Waals surface area contributed by atoms with Crippen LogP contribution in [0, 0.1) is 24.2 Å². The molecule has 0 spiro atoms. The Morgan fingerprint density at radius 3 is 2.37 bits per heavy atom. The molecule has 0 heterocycles. The van der Waals surface area contributed by atoms with Crippen LogP contribution in [0.5, 0.6) is 5.75 Å². The summed E-state index contributed by atoms with van der Waals surface area (Å²) in [5.41, 5.74) is 0.814. The van der Waals surface area contributed by atoms with E-state index >= 15 is 0 Å². The van der Waals surface area contributed by atoms with E-state index in [1.165, 1.54) is 6.07 Å². The topological polar surface area (TPSA) is 86.6 Å². The maximum atomic E-state index is 12.1. The van der Waals surface area contributed by atoms with Gasteiger partial charge in [-0.25, -0.2) is 0 Å². The van der Waals surface area contributed by atoms with Gasteiger partial charge in [0.1, 0.15) is 5.75 Å². The van der Waals surface area contributed by atoms with Crippen molar-refractivity contribution in [1.29, 1.82) is 0 Å². The summed E-state index contributed by atoms with van der Waals surface area (Å²) >= 11 is 0. The van der Waals surface area contributed by atoms with E-state index in [0.29, 0.717) is 5.69 Å². The number of aromatic hydroxyl groups is 1. The molecule has 5 nitrogen and oxygen atoms in total. The van der Waals surface area contributed by atoms with Gasteiger partial charge < -0.3 is 15.5 Å². The molecule has 1 aromatic carbocycles. The summed E-state index contributed by atoms with van der Waals surface area (Å²) in [6.07, 6.45) is 0. The molecule has 0 saturated heterocycles. The predicted molar refractivity (Wildman–Crippen MR) is 69.9 cm³/mol. The Kier molecular flexibility index (Phi) is 3.00. The number of nitrogens with one attached hydrogen (secondary N) is 1. The van der Waals surface area contributed by atoms with Crippen LogP contribution in [0.4, 0.5) is 5.69 Å². The van der Waals surface area contributed by atoms with Gasteiger partial charge in [0.25, 0.3) is 0 Å². The lowest BCUT2D eigenvalue weighted by Crippen LogP contribution is -2.18. The lowest BCUT2D eigenvalue weighted by Gasteiger charge is -2.09. The van der Waals surface area contributed by atoms with E-state index < -0.39 is 23.2 Å². The molecule has 0 aliphatic heterocycles. The number of carboxylic acids is 1. The first kappa shape index (κ1) is 13.4. The minimum atomic E-state index is -0.937. The smallest absolute Gasteiger partial charge is 0.307 e. The van der Waals surface area contributed by atoms with Crippen LogP contribution in [0.2, 0.25) is 0 Å². The van der Waals surface area contributed by atoms with Crippen molar-refractivity contribution in [3.05, 3.63) is 23.8 Å². The van der Waals surface area contributed by atoms with Gasteiger partial charge in [-0.2, -0.15) is 0 Å². The molecule has 1 aromatic rings. The van der Waals surface area contributed by atoms with Crippen molar-refractivity contribution < 1.29 is 19.8 Å². The molecular weight excluding hydrogens is 246 g/mol. The monoisotopic (exact) mass is 263 g/mol. The minimum absolute atomic E-state index is 0.130. The Bertz CT molecular complexity index is 550. The van der Waals surface area contributed by atoms with Crippen LogP contribution < -0.4 is 5.32 Å². The van der Waals surface area contributed by atoms with Crippen LogP contribution in [-0.2, 0) is 9.59 Å².